The van der Waals surface area contributed by atoms with Gasteiger partial charge in [0, 0.05) is 26.1 Å². The molecule has 2 amide bonds. The molecular weight excluding hydrogens is 248 g/mol. The van der Waals surface area contributed by atoms with Crippen molar-refractivity contribution in [3.05, 3.63) is 0 Å². The Labute approximate surface area is 114 Å². The topological polar surface area (TPSA) is 78.9 Å². The maximum Gasteiger partial charge on any atom is 0.317 e. The molecule has 110 valence electrons. The first-order chi connectivity index (χ1) is 9.02. The van der Waals surface area contributed by atoms with E-state index in [4.69, 9.17) is 9.84 Å². The van der Waals surface area contributed by atoms with Crippen molar-refractivity contribution in [2.45, 2.75) is 39.2 Å². The van der Waals surface area contributed by atoms with Gasteiger partial charge in [-0.2, -0.15) is 0 Å². The molecule has 0 aromatic carbocycles. The second-order valence-electron chi connectivity index (χ2n) is 5.04. The fraction of sp³-hybridized carbons (Fsp3) is 0.846. The lowest BCUT2D eigenvalue weighted by Crippen LogP contribution is -2.48. The smallest absolute Gasteiger partial charge is 0.317 e. The third kappa shape index (κ3) is 5.92. The summed E-state index contributed by atoms with van der Waals surface area (Å²) in [5.41, 5.74) is 0. The standard InChI is InChI=1S/C13H24N2O4/c1-3-19-9-10(2)14-13(18)15-6-4-11(5-7-15)8-12(16)17/h10-11H,3-9H2,1-2H3,(H,14,18)(H,16,17). The van der Waals surface area contributed by atoms with Gasteiger partial charge in [-0.25, -0.2) is 4.79 Å². The molecule has 1 fully saturated rings. The molecule has 0 aliphatic carbocycles. The molecule has 1 aliphatic rings. The lowest BCUT2D eigenvalue weighted by Gasteiger charge is -2.32. The molecule has 1 atom stereocenters. The number of piperidine rings is 1. The van der Waals surface area contributed by atoms with Gasteiger partial charge in [0.2, 0.25) is 0 Å². The second-order valence-corrected chi connectivity index (χ2v) is 5.04. The fourth-order valence-electron chi connectivity index (χ4n) is 2.23. The fourth-order valence-corrected chi connectivity index (χ4v) is 2.23. The highest BCUT2D eigenvalue weighted by atomic mass is 16.5. The summed E-state index contributed by atoms with van der Waals surface area (Å²) in [4.78, 5) is 24.3. The van der Waals surface area contributed by atoms with E-state index in [2.05, 4.69) is 5.32 Å². The van der Waals surface area contributed by atoms with Crippen molar-refractivity contribution >= 4 is 12.0 Å². The summed E-state index contributed by atoms with van der Waals surface area (Å²) in [5, 5.41) is 11.6. The molecule has 0 bridgehead atoms. The highest BCUT2D eigenvalue weighted by Crippen LogP contribution is 2.20. The van der Waals surface area contributed by atoms with E-state index in [1.165, 1.54) is 0 Å². The van der Waals surface area contributed by atoms with Gasteiger partial charge in [-0.1, -0.05) is 0 Å². The maximum atomic E-state index is 11.9. The zero-order chi connectivity index (χ0) is 14.3. The van der Waals surface area contributed by atoms with Crippen LogP contribution in [0.5, 0.6) is 0 Å². The molecular formula is C13H24N2O4. The Bertz CT molecular complexity index is 301. The quantitative estimate of drug-likeness (QED) is 0.764. The number of urea groups is 1. The van der Waals surface area contributed by atoms with E-state index in [0.717, 1.165) is 12.8 Å². The van der Waals surface area contributed by atoms with Gasteiger partial charge in [0.15, 0.2) is 0 Å². The first-order valence-electron chi connectivity index (χ1n) is 6.87. The minimum atomic E-state index is -0.756. The normalized spacial score (nSPS) is 18.1. The molecule has 0 saturated carbocycles. The summed E-state index contributed by atoms with van der Waals surface area (Å²) in [6.45, 7) is 6.24. The van der Waals surface area contributed by atoms with Gasteiger partial charge < -0.3 is 20.1 Å². The van der Waals surface area contributed by atoms with Gasteiger partial charge in [0.1, 0.15) is 0 Å². The number of carboxylic acid groups (broad SMARTS) is 1. The highest BCUT2D eigenvalue weighted by Gasteiger charge is 2.24. The number of ether oxygens (including phenoxy) is 1. The van der Waals surface area contributed by atoms with Crippen molar-refractivity contribution in [2.75, 3.05) is 26.3 Å². The average molecular weight is 272 g/mol. The summed E-state index contributed by atoms with van der Waals surface area (Å²) in [6, 6.07) is -0.0924. The van der Waals surface area contributed by atoms with Crippen molar-refractivity contribution in [3.63, 3.8) is 0 Å². The van der Waals surface area contributed by atoms with Gasteiger partial charge in [0.05, 0.1) is 12.6 Å². The van der Waals surface area contributed by atoms with Crippen LogP contribution in [0.1, 0.15) is 33.1 Å². The molecule has 1 heterocycles. The van der Waals surface area contributed by atoms with Gasteiger partial charge >= 0.3 is 12.0 Å². The Morgan fingerprint density at radius 1 is 1.42 bits per heavy atom. The molecule has 2 N–H and O–H groups in total. The number of nitrogens with one attached hydrogen (secondary N) is 1. The molecule has 6 heteroatoms. The summed E-state index contributed by atoms with van der Waals surface area (Å²) >= 11 is 0. The predicted molar refractivity (Wildman–Crippen MR) is 71.0 cm³/mol. The van der Waals surface area contributed by atoms with E-state index in [9.17, 15) is 9.59 Å². The van der Waals surface area contributed by atoms with E-state index in [0.29, 0.717) is 26.3 Å². The SMILES string of the molecule is CCOCC(C)NC(=O)N1CCC(CC(=O)O)CC1. The van der Waals surface area contributed by atoms with E-state index in [1.807, 2.05) is 13.8 Å². The second kappa shape index (κ2) is 7.99. The number of carbonyl (C=O) groups excluding carboxylic acids is 1. The van der Waals surface area contributed by atoms with Crippen LogP contribution in [0.2, 0.25) is 0 Å². The number of hydrogen-bond acceptors (Lipinski definition) is 3. The van der Waals surface area contributed by atoms with Crippen molar-refractivity contribution in [2.24, 2.45) is 5.92 Å². The van der Waals surface area contributed by atoms with Gasteiger partial charge in [-0.3, -0.25) is 4.79 Å². The van der Waals surface area contributed by atoms with E-state index < -0.39 is 5.97 Å². The number of amides is 2. The molecule has 6 nitrogen and oxygen atoms in total. The van der Waals surface area contributed by atoms with E-state index >= 15 is 0 Å². The molecule has 1 saturated heterocycles. The van der Waals surface area contributed by atoms with Crippen LogP contribution in [0.3, 0.4) is 0 Å². The van der Waals surface area contributed by atoms with Gasteiger partial charge in [-0.15, -0.1) is 0 Å². The van der Waals surface area contributed by atoms with Gasteiger partial charge in [-0.05, 0) is 32.6 Å². The number of aliphatic carboxylic acids is 1. The van der Waals surface area contributed by atoms with Gasteiger partial charge in [0.25, 0.3) is 0 Å². The Kier molecular flexibility index (Phi) is 6.62. The number of rotatable bonds is 6. The number of carboxylic acids is 1. The van der Waals surface area contributed by atoms with Crippen molar-refractivity contribution in [3.8, 4) is 0 Å². The Morgan fingerprint density at radius 2 is 2.05 bits per heavy atom. The van der Waals surface area contributed by atoms with Crippen LogP contribution in [0.15, 0.2) is 0 Å². The maximum absolute atomic E-state index is 11.9. The van der Waals surface area contributed by atoms with Crippen LogP contribution in [0.4, 0.5) is 4.79 Å². The molecule has 0 spiro atoms. The summed E-state index contributed by atoms with van der Waals surface area (Å²) < 4.78 is 5.25. The third-order valence-electron chi connectivity index (χ3n) is 3.31. The first-order valence-corrected chi connectivity index (χ1v) is 6.87. The Hall–Kier alpha value is -1.30. The lowest BCUT2D eigenvalue weighted by molar-refractivity contribution is -0.138. The molecule has 1 aliphatic heterocycles. The first kappa shape index (κ1) is 15.8. The van der Waals surface area contributed by atoms with Crippen molar-refractivity contribution in [1.29, 1.82) is 0 Å². The van der Waals surface area contributed by atoms with Crippen LogP contribution in [-0.2, 0) is 9.53 Å². The molecule has 1 rings (SSSR count). The highest BCUT2D eigenvalue weighted by molar-refractivity contribution is 5.74. The minimum Gasteiger partial charge on any atom is -0.481 e. The minimum absolute atomic E-state index is 0.0100. The van der Waals surface area contributed by atoms with Crippen LogP contribution >= 0.6 is 0 Å². The van der Waals surface area contributed by atoms with Crippen LogP contribution in [0.25, 0.3) is 0 Å². The molecule has 19 heavy (non-hydrogen) atoms. The van der Waals surface area contributed by atoms with Crippen molar-refractivity contribution < 1.29 is 19.4 Å². The summed E-state index contributed by atoms with van der Waals surface area (Å²) in [6.07, 6.45) is 1.73. The largest absolute Gasteiger partial charge is 0.481 e. The third-order valence-corrected chi connectivity index (χ3v) is 3.31. The Morgan fingerprint density at radius 3 is 2.58 bits per heavy atom. The number of hydrogen-bond donors (Lipinski definition) is 2. The monoisotopic (exact) mass is 272 g/mol. The zero-order valence-electron chi connectivity index (χ0n) is 11.7. The number of likely N-dealkylation sites (tertiary alicyclic amines) is 1. The lowest BCUT2D eigenvalue weighted by atomic mass is 9.94. The number of nitrogens with zero attached hydrogens (tertiary/aromatic N) is 1. The van der Waals surface area contributed by atoms with Crippen LogP contribution < -0.4 is 5.32 Å². The average Bonchev–Trinajstić information content (AvgIpc) is 2.36. The van der Waals surface area contributed by atoms with E-state index in [1.54, 1.807) is 4.90 Å². The predicted octanol–water partition coefficient (Wildman–Crippen LogP) is 1.31. The molecule has 1 unspecified atom stereocenters. The molecule has 0 aromatic rings. The molecule has 0 radical (unpaired) electrons. The summed E-state index contributed by atoms with van der Waals surface area (Å²) in [7, 11) is 0. The summed E-state index contributed by atoms with van der Waals surface area (Å²) in [5.74, 6) is -0.560. The molecule has 0 aromatic heterocycles. The number of carbonyl (C=O) groups is 2. The van der Waals surface area contributed by atoms with Crippen LogP contribution in [-0.4, -0.2) is 54.4 Å². The Balaban J connectivity index is 2.26. The van der Waals surface area contributed by atoms with Crippen molar-refractivity contribution in [1.82, 2.24) is 10.2 Å². The van der Waals surface area contributed by atoms with Crippen LogP contribution in [0, 0.1) is 5.92 Å². The zero-order valence-corrected chi connectivity index (χ0v) is 11.7. The van der Waals surface area contributed by atoms with E-state index in [-0.39, 0.29) is 24.4 Å².